The summed E-state index contributed by atoms with van der Waals surface area (Å²) in [5.41, 5.74) is 3.14. The van der Waals surface area contributed by atoms with E-state index in [-0.39, 0.29) is 6.04 Å². The molecule has 4 heteroatoms. The van der Waals surface area contributed by atoms with Crippen LogP contribution >= 0.6 is 11.6 Å². The Balaban J connectivity index is 2.00. The molecule has 1 amide bonds. The Labute approximate surface area is 129 Å². The van der Waals surface area contributed by atoms with Crippen molar-refractivity contribution < 1.29 is 9.53 Å². The molecule has 2 aromatic rings. The molecule has 0 saturated heterocycles. The molecule has 0 N–H and O–H groups in total. The summed E-state index contributed by atoms with van der Waals surface area (Å²) >= 11 is 5.85. The Hall–Kier alpha value is -2.00. The number of fused-ring (bicyclic) bond motifs is 1. The first-order chi connectivity index (χ1) is 10.2. The van der Waals surface area contributed by atoms with E-state index < -0.39 is 5.37 Å². The van der Waals surface area contributed by atoms with Gasteiger partial charge >= 0.3 is 5.37 Å². The number of hydrogen-bond donors (Lipinski definition) is 0. The van der Waals surface area contributed by atoms with Crippen LogP contribution in [-0.2, 0) is 6.42 Å². The molecule has 0 saturated carbocycles. The van der Waals surface area contributed by atoms with Crippen molar-refractivity contribution >= 4 is 22.7 Å². The van der Waals surface area contributed by atoms with Gasteiger partial charge in [0.1, 0.15) is 5.75 Å². The predicted octanol–water partition coefficient (Wildman–Crippen LogP) is 4.55. The number of nitrogens with zero attached hydrogens (tertiary/aromatic N) is 1. The second kappa shape index (κ2) is 5.78. The van der Waals surface area contributed by atoms with E-state index in [1.807, 2.05) is 48.5 Å². The minimum atomic E-state index is -0.442. The van der Waals surface area contributed by atoms with Gasteiger partial charge in [-0.05, 0) is 53.8 Å². The summed E-state index contributed by atoms with van der Waals surface area (Å²) in [6.07, 6.45) is 1.80. The second-order valence-corrected chi connectivity index (χ2v) is 5.40. The van der Waals surface area contributed by atoms with E-state index in [0.717, 1.165) is 35.4 Å². The number of benzene rings is 2. The summed E-state index contributed by atoms with van der Waals surface area (Å²) in [7, 11) is 1.64. The fraction of sp³-hybridized carbons (Fsp3) is 0.235. The molecule has 1 unspecified atom stereocenters. The lowest BCUT2D eigenvalue weighted by Crippen LogP contribution is -2.35. The van der Waals surface area contributed by atoms with Crippen LogP contribution in [0.1, 0.15) is 23.6 Å². The van der Waals surface area contributed by atoms with Crippen molar-refractivity contribution in [2.45, 2.75) is 18.9 Å². The number of halogens is 1. The van der Waals surface area contributed by atoms with Crippen LogP contribution in [0.3, 0.4) is 0 Å². The minimum absolute atomic E-state index is 0.0317. The van der Waals surface area contributed by atoms with Gasteiger partial charge in [0.05, 0.1) is 13.2 Å². The molecule has 1 atom stereocenters. The number of ether oxygens (including phenoxy) is 1. The van der Waals surface area contributed by atoms with E-state index in [0.29, 0.717) is 0 Å². The summed E-state index contributed by atoms with van der Waals surface area (Å²) in [4.78, 5) is 13.6. The number of aryl methyl sites for hydroxylation is 1. The fourth-order valence-electron chi connectivity index (χ4n) is 2.91. The van der Waals surface area contributed by atoms with Crippen LogP contribution in [0.5, 0.6) is 5.75 Å². The van der Waals surface area contributed by atoms with Crippen molar-refractivity contribution in [2.75, 3.05) is 12.0 Å². The summed E-state index contributed by atoms with van der Waals surface area (Å²) in [6, 6.07) is 15.7. The molecule has 1 aliphatic rings. The van der Waals surface area contributed by atoms with E-state index in [2.05, 4.69) is 0 Å². The molecule has 0 bridgehead atoms. The number of hydrogen-bond acceptors (Lipinski definition) is 2. The van der Waals surface area contributed by atoms with E-state index >= 15 is 0 Å². The zero-order valence-corrected chi connectivity index (χ0v) is 12.5. The maximum atomic E-state index is 11.9. The van der Waals surface area contributed by atoms with E-state index in [1.165, 1.54) is 0 Å². The van der Waals surface area contributed by atoms with Crippen LogP contribution in [0.15, 0.2) is 48.5 Å². The van der Waals surface area contributed by atoms with Crippen molar-refractivity contribution in [3.05, 3.63) is 59.7 Å². The monoisotopic (exact) mass is 301 g/mol. The minimum Gasteiger partial charge on any atom is -0.497 e. The van der Waals surface area contributed by atoms with Gasteiger partial charge in [0.25, 0.3) is 0 Å². The Morgan fingerprint density at radius 3 is 2.57 bits per heavy atom. The molecule has 2 aromatic carbocycles. The SMILES string of the molecule is COc1ccc(C2CCc3ccccc3N2C(=O)Cl)cc1. The molecule has 3 rings (SSSR count). The normalized spacial score (nSPS) is 17.2. The van der Waals surface area contributed by atoms with E-state index in [4.69, 9.17) is 16.3 Å². The quantitative estimate of drug-likeness (QED) is 0.601. The van der Waals surface area contributed by atoms with Crippen molar-refractivity contribution in [1.82, 2.24) is 0 Å². The third kappa shape index (κ3) is 2.61. The topological polar surface area (TPSA) is 29.5 Å². The number of rotatable bonds is 2. The van der Waals surface area contributed by atoms with Crippen LogP contribution < -0.4 is 9.64 Å². The number of anilines is 1. The highest BCUT2D eigenvalue weighted by molar-refractivity contribution is 6.66. The highest BCUT2D eigenvalue weighted by Gasteiger charge is 2.31. The van der Waals surface area contributed by atoms with Gasteiger partial charge in [0.2, 0.25) is 0 Å². The van der Waals surface area contributed by atoms with Crippen LogP contribution in [-0.4, -0.2) is 12.5 Å². The first kappa shape index (κ1) is 14.0. The molecule has 1 heterocycles. The number of carbonyl (C=O) groups excluding carboxylic acids is 1. The van der Waals surface area contributed by atoms with Gasteiger partial charge in [-0.1, -0.05) is 30.3 Å². The molecule has 1 aliphatic heterocycles. The Morgan fingerprint density at radius 2 is 1.90 bits per heavy atom. The number of para-hydroxylation sites is 1. The lowest BCUT2D eigenvalue weighted by Gasteiger charge is -2.36. The average Bonchev–Trinajstić information content (AvgIpc) is 2.53. The number of carbonyl (C=O) groups is 1. The van der Waals surface area contributed by atoms with Crippen molar-refractivity contribution in [3.63, 3.8) is 0 Å². The maximum absolute atomic E-state index is 11.9. The maximum Gasteiger partial charge on any atom is 0.321 e. The summed E-state index contributed by atoms with van der Waals surface area (Å²) < 4.78 is 5.18. The van der Waals surface area contributed by atoms with Crippen LogP contribution in [0.2, 0.25) is 0 Å². The molecule has 0 spiro atoms. The third-order valence-corrected chi connectivity index (χ3v) is 4.12. The van der Waals surface area contributed by atoms with Gasteiger partial charge in [-0.3, -0.25) is 9.69 Å². The molecule has 0 radical (unpaired) electrons. The van der Waals surface area contributed by atoms with Gasteiger partial charge in [-0.2, -0.15) is 0 Å². The van der Waals surface area contributed by atoms with Gasteiger partial charge in [0, 0.05) is 5.69 Å². The third-order valence-electron chi connectivity index (χ3n) is 3.94. The highest BCUT2D eigenvalue weighted by atomic mass is 35.5. The predicted molar refractivity (Wildman–Crippen MR) is 84.2 cm³/mol. The zero-order valence-electron chi connectivity index (χ0n) is 11.8. The fourth-order valence-corrected chi connectivity index (χ4v) is 3.11. The average molecular weight is 302 g/mol. The summed E-state index contributed by atoms with van der Waals surface area (Å²) in [6.45, 7) is 0. The van der Waals surface area contributed by atoms with E-state index in [9.17, 15) is 4.79 Å². The zero-order chi connectivity index (χ0) is 14.8. The number of methoxy groups -OCH3 is 1. The molecule has 0 aliphatic carbocycles. The van der Waals surface area contributed by atoms with Gasteiger partial charge in [-0.25, -0.2) is 0 Å². The van der Waals surface area contributed by atoms with Crippen LogP contribution in [0.25, 0.3) is 0 Å². The highest BCUT2D eigenvalue weighted by Crippen LogP contribution is 2.39. The number of amides is 1. The van der Waals surface area contributed by atoms with Crippen molar-refractivity contribution in [3.8, 4) is 5.75 Å². The smallest absolute Gasteiger partial charge is 0.321 e. The largest absolute Gasteiger partial charge is 0.497 e. The first-order valence-electron chi connectivity index (χ1n) is 6.91. The van der Waals surface area contributed by atoms with Crippen molar-refractivity contribution in [1.29, 1.82) is 0 Å². The lowest BCUT2D eigenvalue weighted by atomic mass is 9.92. The molecule has 3 nitrogen and oxygen atoms in total. The standard InChI is InChI=1S/C17H16ClNO2/c1-21-14-9-6-13(7-10-14)16-11-8-12-4-2-3-5-15(12)19(16)17(18)20/h2-7,9-10,16H,8,11H2,1H3. The van der Waals surface area contributed by atoms with Gasteiger partial charge in [-0.15, -0.1) is 0 Å². The Bertz CT molecular complexity index is 654. The molecular weight excluding hydrogens is 286 g/mol. The molecule has 0 fully saturated rings. The molecule has 108 valence electrons. The summed E-state index contributed by atoms with van der Waals surface area (Å²) in [5.74, 6) is 0.804. The second-order valence-electron chi connectivity index (χ2n) is 5.08. The first-order valence-corrected chi connectivity index (χ1v) is 7.29. The van der Waals surface area contributed by atoms with Gasteiger partial charge < -0.3 is 4.74 Å². The van der Waals surface area contributed by atoms with Gasteiger partial charge in [0.15, 0.2) is 0 Å². The van der Waals surface area contributed by atoms with Crippen molar-refractivity contribution in [2.24, 2.45) is 0 Å². The lowest BCUT2D eigenvalue weighted by molar-refractivity contribution is 0.261. The summed E-state index contributed by atoms with van der Waals surface area (Å²) in [5, 5.41) is -0.442. The molecular formula is C17H16ClNO2. The Morgan fingerprint density at radius 1 is 1.19 bits per heavy atom. The van der Waals surface area contributed by atoms with Crippen LogP contribution in [0, 0.1) is 0 Å². The van der Waals surface area contributed by atoms with Crippen LogP contribution in [0.4, 0.5) is 10.5 Å². The molecule has 21 heavy (non-hydrogen) atoms. The van der Waals surface area contributed by atoms with E-state index in [1.54, 1.807) is 12.0 Å². The Kier molecular flexibility index (Phi) is 3.84. The molecule has 0 aromatic heterocycles.